The highest BCUT2D eigenvalue weighted by atomic mass is 33.1. The normalized spacial score (nSPS) is 26.5. The summed E-state index contributed by atoms with van der Waals surface area (Å²) in [6.45, 7) is 1.48. The predicted molar refractivity (Wildman–Crippen MR) is 189 cm³/mol. The lowest BCUT2D eigenvalue weighted by Crippen LogP contribution is -2.61. The lowest BCUT2D eigenvalue weighted by Gasteiger charge is -2.26. The second-order valence-electron chi connectivity index (χ2n) is 12.0. The smallest absolute Gasteiger partial charge is 0.305 e. The van der Waals surface area contributed by atoms with E-state index in [0.717, 1.165) is 21.6 Å². The number of amides is 7. The van der Waals surface area contributed by atoms with Gasteiger partial charge in [0.15, 0.2) is 5.96 Å². The topological polar surface area (TPSA) is 386 Å². The number of aliphatic carboxylic acids is 1. The highest BCUT2D eigenvalue weighted by molar-refractivity contribution is 8.76. The van der Waals surface area contributed by atoms with E-state index in [2.05, 4.69) is 36.9 Å². The van der Waals surface area contributed by atoms with Crippen LogP contribution in [-0.2, 0) is 38.4 Å². The molecule has 1 saturated heterocycles. The number of hydrogen-bond donors (Lipinski definition) is 13. The molecule has 0 bridgehead atoms. The standard InChI is InChI=1S/C28H49N11O11S2/c1-12(2)6-15-24(47)39-19(21(30)44)11-52-51-10-13(29)22(45)34-14(4-3-5-33-28(31)32)23(46)37-17(8-40)27(50)36-16(7-20(42)43)25(48)38-18(9-41)26(49)35-15/h12-19,40-41H,3-11,29H2,1-2H3,(H2,30,44)(H,34,45)(H,35,49)(H,36,50)(H,37,46)(H,38,48)(H,39,47)(H,42,43)(H4,31,32,33)/t13-,14-,15-,16-,17+,18+,19-/m1/s1. The third kappa shape index (κ3) is 16.8. The Morgan fingerprint density at radius 2 is 1.19 bits per heavy atom. The van der Waals surface area contributed by atoms with Crippen molar-refractivity contribution in [2.24, 2.45) is 33.8 Å². The average molecular weight is 780 g/mol. The molecule has 0 aromatic rings. The SMILES string of the molecule is CC(C)C[C@H]1NC(=O)[C@H](CO)NC(=O)[C@@H](CC(=O)O)NC(=O)[C@H](CO)NC(=O)[C@@H](CCCN=C(N)N)NC(=O)[C@H](N)CSSC[C@H](C(N)=O)NC1=O. The van der Waals surface area contributed by atoms with Gasteiger partial charge in [0, 0.05) is 18.1 Å². The van der Waals surface area contributed by atoms with Crippen molar-refractivity contribution in [2.45, 2.75) is 81.8 Å². The summed E-state index contributed by atoms with van der Waals surface area (Å²) in [5.41, 5.74) is 22.2. The minimum atomic E-state index is -1.89. The van der Waals surface area contributed by atoms with Crippen LogP contribution in [0.1, 0.15) is 39.5 Å². The van der Waals surface area contributed by atoms with Gasteiger partial charge in [-0.25, -0.2) is 0 Å². The summed E-state index contributed by atoms with van der Waals surface area (Å²) in [6, 6.07) is -10.5. The molecule has 0 aromatic heterocycles. The molecule has 1 heterocycles. The number of nitrogens with two attached hydrogens (primary N) is 4. The van der Waals surface area contributed by atoms with Gasteiger partial charge in [0.1, 0.15) is 36.3 Å². The Labute approximate surface area is 306 Å². The van der Waals surface area contributed by atoms with Crippen LogP contribution in [0.4, 0.5) is 0 Å². The number of aliphatic imine (C=N–C) groups is 1. The van der Waals surface area contributed by atoms with E-state index >= 15 is 0 Å². The number of nitrogens with one attached hydrogen (secondary N) is 6. The molecule has 0 unspecified atom stereocenters. The van der Waals surface area contributed by atoms with E-state index in [0.29, 0.717) is 0 Å². The number of carboxylic acids is 1. The molecule has 294 valence electrons. The van der Waals surface area contributed by atoms with Crippen LogP contribution in [0.25, 0.3) is 0 Å². The molecule has 0 aliphatic carbocycles. The molecule has 0 radical (unpaired) electrons. The van der Waals surface area contributed by atoms with E-state index in [1.165, 1.54) is 0 Å². The molecule has 0 saturated carbocycles. The molecule has 17 N–H and O–H groups in total. The maximum atomic E-state index is 13.3. The molecule has 1 fully saturated rings. The molecule has 22 nitrogen and oxygen atoms in total. The van der Waals surface area contributed by atoms with E-state index in [-0.39, 0.29) is 49.2 Å². The second kappa shape index (κ2) is 23.2. The fourth-order valence-corrected chi connectivity index (χ4v) is 6.70. The first-order valence-electron chi connectivity index (χ1n) is 16.0. The minimum absolute atomic E-state index is 0.0412. The number of nitrogens with zero attached hydrogens (tertiary/aromatic N) is 1. The largest absolute Gasteiger partial charge is 0.481 e. The quantitative estimate of drug-likeness (QED) is 0.0401. The monoisotopic (exact) mass is 779 g/mol. The van der Waals surface area contributed by atoms with Crippen LogP contribution in [0.2, 0.25) is 0 Å². The molecule has 7 atom stereocenters. The van der Waals surface area contributed by atoms with E-state index in [1.54, 1.807) is 13.8 Å². The molecule has 52 heavy (non-hydrogen) atoms. The Kier molecular flexibility index (Phi) is 20.4. The van der Waals surface area contributed by atoms with Crippen molar-refractivity contribution in [3.8, 4) is 0 Å². The Bertz CT molecular complexity index is 1320. The zero-order chi connectivity index (χ0) is 39.5. The molecule has 1 aliphatic heterocycles. The first kappa shape index (κ1) is 45.6. The number of aliphatic hydroxyl groups is 2. The Balaban J connectivity index is 3.52. The first-order valence-corrected chi connectivity index (χ1v) is 18.5. The summed E-state index contributed by atoms with van der Waals surface area (Å²) in [5, 5.41) is 43.0. The zero-order valence-electron chi connectivity index (χ0n) is 28.7. The van der Waals surface area contributed by atoms with Crippen LogP contribution in [-0.4, -0.2) is 142 Å². The van der Waals surface area contributed by atoms with Crippen molar-refractivity contribution < 1.29 is 53.7 Å². The lowest BCUT2D eigenvalue weighted by molar-refractivity contribution is -0.142. The van der Waals surface area contributed by atoms with Gasteiger partial charge in [-0.05, 0) is 25.2 Å². The van der Waals surface area contributed by atoms with Crippen LogP contribution in [0.15, 0.2) is 4.99 Å². The molecule has 7 amide bonds. The fourth-order valence-electron chi connectivity index (χ4n) is 4.40. The summed E-state index contributed by atoms with van der Waals surface area (Å²) < 4.78 is 0. The molecule has 1 rings (SSSR count). The minimum Gasteiger partial charge on any atom is -0.481 e. The zero-order valence-corrected chi connectivity index (χ0v) is 30.3. The molecular formula is C28H49N11O11S2. The van der Waals surface area contributed by atoms with Gasteiger partial charge in [-0.15, -0.1) is 0 Å². The van der Waals surface area contributed by atoms with Gasteiger partial charge in [-0.3, -0.25) is 43.3 Å². The third-order valence-corrected chi connectivity index (χ3v) is 9.57. The molecule has 1 aliphatic rings. The van der Waals surface area contributed by atoms with Crippen LogP contribution in [0.5, 0.6) is 0 Å². The first-order chi connectivity index (χ1) is 24.4. The summed E-state index contributed by atoms with van der Waals surface area (Å²) >= 11 is 0. The summed E-state index contributed by atoms with van der Waals surface area (Å²) in [6.07, 6.45) is -0.907. The van der Waals surface area contributed by atoms with E-state index in [1.807, 2.05) is 0 Å². The van der Waals surface area contributed by atoms with Gasteiger partial charge in [-0.2, -0.15) is 0 Å². The van der Waals surface area contributed by atoms with Gasteiger partial charge < -0.3 is 70.2 Å². The summed E-state index contributed by atoms with van der Waals surface area (Å²) in [5.74, 6) is -9.10. The molecular weight excluding hydrogens is 731 g/mol. The van der Waals surface area contributed by atoms with E-state index < -0.39 is 109 Å². The number of carboxylic acid groups (broad SMARTS) is 1. The van der Waals surface area contributed by atoms with Crippen molar-refractivity contribution in [2.75, 3.05) is 31.3 Å². The van der Waals surface area contributed by atoms with Crippen LogP contribution >= 0.6 is 21.6 Å². The Hall–Kier alpha value is -4.39. The van der Waals surface area contributed by atoms with E-state index in [4.69, 9.17) is 22.9 Å². The molecule has 24 heteroatoms. The second-order valence-corrected chi connectivity index (χ2v) is 14.5. The van der Waals surface area contributed by atoms with Crippen molar-refractivity contribution in [1.82, 2.24) is 31.9 Å². The van der Waals surface area contributed by atoms with Crippen molar-refractivity contribution in [3.63, 3.8) is 0 Å². The fraction of sp³-hybridized carbons (Fsp3) is 0.679. The van der Waals surface area contributed by atoms with E-state index in [9.17, 15) is 53.7 Å². The summed E-state index contributed by atoms with van der Waals surface area (Å²) in [4.78, 5) is 107. The summed E-state index contributed by atoms with van der Waals surface area (Å²) in [7, 11) is 2.10. The number of aliphatic hydroxyl groups excluding tert-OH is 2. The number of guanidine groups is 1. The van der Waals surface area contributed by atoms with Crippen LogP contribution in [0, 0.1) is 5.92 Å². The van der Waals surface area contributed by atoms with Crippen LogP contribution < -0.4 is 54.8 Å². The van der Waals surface area contributed by atoms with Gasteiger partial charge >= 0.3 is 5.97 Å². The van der Waals surface area contributed by atoms with Crippen molar-refractivity contribution in [1.29, 1.82) is 0 Å². The van der Waals surface area contributed by atoms with Gasteiger partial charge in [0.25, 0.3) is 0 Å². The number of rotatable bonds is 11. The Morgan fingerprint density at radius 1 is 0.731 bits per heavy atom. The molecule has 0 spiro atoms. The maximum Gasteiger partial charge on any atom is 0.305 e. The highest BCUT2D eigenvalue weighted by Gasteiger charge is 2.34. The highest BCUT2D eigenvalue weighted by Crippen LogP contribution is 2.23. The lowest BCUT2D eigenvalue weighted by atomic mass is 10.0. The maximum absolute atomic E-state index is 13.3. The van der Waals surface area contributed by atoms with Crippen molar-refractivity contribution >= 4 is 74.9 Å². The molecule has 0 aromatic carbocycles. The third-order valence-electron chi connectivity index (χ3n) is 7.12. The number of primary amides is 1. The van der Waals surface area contributed by atoms with Crippen molar-refractivity contribution in [3.05, 3.63) is 0 Å². The number of carbonyl (C=O) groups excluding carboxylic acids is 7. The average Bonchev–Trinajstić information content (AvgIpc) is 3.06. The predicted octanol–water partition coefficient (Wildman–Crippen LogP) is -6.34. The number of hydrogen-bond acceptors (Lipinski definition) is 14. The van der Waals surface area contributed by atoms with Crippen LogP contribution in [0.3, 0.4) is 0 Å². The number of carbonyl (C=O) groups is 8. The van der Waals surface area contributed by atoms with Gasteiger partial charge in [-0.1, -0.05) is 35.4 Å². The van der Waals surface area contributed by atoms with Gasteiger partial charge in [0.05, 0.1) is 25.7 Å². The Morgan fingerprint density at radius 3 is 1.69 bits per heavy atom. The van der Waals surface area contributed by atoms with Gasteiger partial charge in [0.2, 0.25) is 41.4 Å².